The maximum atomic E-state index is 12.0. The van der Waals surface area contributed by atoms with Gasteiger partial charge in [0.1, 0.15) is 0 Å². The molecule has 10 heteroatoms. The van der Waals surface area contributed by atoms with Crippen molar-refractivity contribution >= 4 is 22.0 Å². The summed E-state index contributed by atoms with van der Waals surface area (Å²) in [4.78, 5) is 15.9. The molecule has 1 aromatic rings. The third-order valence-electron chi connectivity index (χ3n) is 3.33. The van der Waals surface area contributed by atoms with Gasteiger partial charge in [0.05, 0.1) is 12.3 Å². The molecule has 154 valence electrons. The molecular weight excluding hydrogens is 370 g/mol. The summed E-state index contributed by atoms with van der Waals surface area (Å²) in [7, 11) is -3.67. The van der Waals surface area contributed by atoms with Crippen LogP contribution in [-0.4, -0.2) is 49.7 Å². The van der Waals surface area contributed by atoms with Crippen molar-refractivity contribution in [1.29, 1.82) is 0 Å². The summed E-state index contributed by atoms with van der Waals surface area (Å²) >= 11 is 0. The predicted molar refractivity (Wildman–Crippen MR) is 108 cm³/mol. The minimum absolute atomic E-state index is 0.0580. The van der Waals surface area contributed by atoms with Gasteiger partial charge in [0.15, 0.2) is 5.96 Å². The maximum absolute atomic E-state index is 12.0. The second kappa shape index (κ2) is 13.1. The van der Waals surface area contributed by atoms with Gasteiger partial charge in [-0.2, -0.15) is 8.42 Å². The summed E-state index contributed by atoms with van der Waals surface area (Å²) < 4.78 is 25.9. The molecule has 0 aliphatic carbocycles. The molecular formula is C17H31N5O4S. The van der Waals surface area contributed by atoms with Crippen LogP contribution < -0.4 is 22.5 Å². The molecule has 1 aromatic carbocycles. The number of benzene rings is 1. The molecule has 0 aliphatic rings. The number of nitrogens with one attached hydrogen (secondary N) is 1. The van der Waals surface area contributed by atoms with E-state index in [-0.39, 0.29) is 17.9 Å². The summed E-state index contributed by atoms with van der Waals surface area (Å²) in [6.07, 6.45) is 3.78. The Kier molecular flexibility index (Phi) is 12.0. The van der Waals surface area contributed by atoms with Crippen LogP contribution in [0.25, 0.3) is 0 Å². The van der Waals surface area contributed by atoms with Crippen LogP contribution in [0.3, 0.4) is 0 Å². The van der Waals surface area contributed by atoms with Crippen LogP contribution in [0.4, 0.5) is 0 Å². The molecule has 9 nitrogen and oxygen atoms in total. The molecule has 0 aliphatic heterocycles. The molecule has 0 saturated heterocycles. The number of unbranched alkanes of at least 4 members (excludes halogenated alkanes) is 1. The number of aliphatic imine (C=N–C) groups is 1. The predicted octanol–water partition coefficient (Wildman–Crippen LogP) is 0.00880. The highest BCUT2D eigenvalue weighted by molar-refractivity contribution is 7.85. The molecule has 2 atom stereocenters. The molecule has 0 bridgehead atoms. The number of guanidine groups is 1. The third-order valence-corrected chi connectivity index (χ3v) is 3.33. The van der Waals surface area contributed by atoms with Crippen LogP contribution in [0.15, 0.2) is 35.3 Å². The fraction of sp³-hybridized carbons (Fsp3) is 0.529. The van der Waals surface area contributed by atoms with Gasteiger partial charge in [-0.25, -0.2) is 0 Å². The first-order valence-corrected chi connectivity index (χ1v) is 10.4. The van der Waals surface area contributed by atoms with Crippen LogP contribution in [0.1, 0.15) is 31.7 Å². The van der Waals surface area contributed by atoms with Crippen molar-refractivity contribution in [2.24, 2.45) is 22.2 Å². The highest BCUT2D eigenvalue weighted by atomic mass is 32.2. The standard InChI is InChI=1S/C16H27N5O.CH4O3S/c1-12(11-13-7-3-2-4-8-13)21-15(22)14(17)9-5-6-10-20-16(18)19;1-5(2,3)4/h2-4,7-8,12,14H,5-6,9-11,17H2,1H3,(H,21,22)(H4,18,19,20);1H3,(H,2,3,4). The Bertz CT molecular complexity index is 668. The number of hydrogen-bond donors (Lipinski definition) is 5. The van der Waals surface area contributed by atoms with E-state index in [1.54, 1.807) is 0 Å². The van der Waals surface area contributed by atoms with E-state index < -0.39 is 16.2 Å². The highest BCUT2D eigenvalue weighted by Crippen LogP contribution is 2.04. The summed E-state index contributed by atoms with van der Waals surface area (Å²) in [5, 5.41) is 2.96. The second-order valence-corrected chi connectivity index (χ2v) is 7.71. The van der Waals surface area contributed by atoms with E-state index in [4.69, 9.17) is 21.8 Å². The molecule has 0 saturated carbocycles. The fourth-order valence-corrected chi connectivity index (χ4v) is 2.18. The van der Waals surface area contributed by atoms with Crippen molar-refractivity contribution in [3.05, 3.63) is 35.9 Å². The normalized spacial score (nSPS) is 12.9. The van der Waals surface area contributed by atoms with Crippen LogP contribution in [-0.2, 0) is 21.3 Å². The van der Waals surface area contributed by atoms with Crippen molar-refractivity contribution in [2.45, 2.75) is 44.7 Å². The lowest BCUT2D eigenvalue weighted by atomic mass is 10.1. The van der Waals surface area contributed by atoms with Crippen molar-refractivity contribution in [2.75, 3.05) is 12.8 Å². The molecule has 0 spiro atoms. The molecule has 0 radical (unpaired) electrons. The van der Waals surface area contributed by atoms with E-state index in [0.29, 0.717) is 19.2 Å². The van der Waals surface area contributed by atoms with E-state index in [0.717, 1.165) is 19.3 Å². The molecule has 27 heavy (non-hydrogen) atoms. The number of nitrogens with zero attached hydrogens (tertiary/aromatic N) is 1. The zero-order valence-corrected chi connectivity index (χ0v) is 16.7. The van der Waals surface area contributed by atoms with Gasteiger partial charge in [0.2, 0.25) is 5.91 Å². The Labute approximate surface area is 161 Å². The Morgan fingerprint density at radius 3 is 2.30 bits per heavy atom. The number of rotatable bonds is 9. The van der Waals surface area contributed by atoms with Gasteiger partial charge in [-0.15, -0.1) is 0 Å². The van der Waals surface area contributed by atoms with Gasteiger partial charge in [-0.1, -0.05) is 30.3 Å². The first-order valence-electron chi connectivity index (χ1n) is 8.56. The number of carbonyl (C=O) groups excluding carboxylic acids is 1. The van der Waals surface area contributed by atoms with Gasteiger partial charge < -0.3 is 22.5 Å². The second-order valence-electron chi connectivity index (χ2n) is 6.24. The minimum Gasteiger partial charge on any atom is -0.370 e. The van der Waals surface area contributed by atoms with Crippen molar-refractivity contribution < 1.29 is 17.8 Å². The van der Waals surface area contributed by atoms with E-state index in [1.165, 1.54) is 5.56 Å². The van der Waals surface area contributed by atoms with Crippen LogP contribution >= 0.6 is 0 Å². The number of amides is 1. The Balaban J connectivity index is 0.00000119. The molecule has 0 fully saturated rings. The van der Waals surface area contributed by atoms with Crippen LogP contribution in [0.5, 0.6) is 0 Å². The van der Waals surface area contributed by atoms with E-state index in [9.17, 15) is 13.2 Å². The summed E-state index contributed by atoms with van der Waals surface area (Å²) in [5.74, 6) is -0.0120. The number of hydrogen-bond acceptors (Lipinski definition) is 5. The SMILES string of the molecule is CC(Cc1ccccc1)NC(=O)C(N)CCCCN=C(N)N.CS(=O)(=O)O. The Hall–Kier alpha value is -2.17. The van der Waals surface area contributed by atoms with E-state index in [1.807, 2.05) is 37.3 Å². The zero-order chi connectivity index (χ0) is 20.9. The molecule has 2 unspecified atom stereocenters. The third kappa shape index (κ3) is 17.0. The molecule has 0 aromatic heterocycles. The van der Waals surface area contributed by atoms with Crippen molar-refractivity contribution in [3.8, 4) is 0 Å². The van der Waals surface area contributed by atoms with E-state index >= 15 is 0 Å². The van der Waals surface area contributed by atoms with Crippen LogP contribution in [0.2, 0.25) is 0 Å². The average Bonchev–Trinajstić information content (AvgIpc) is 2.53. The monoisotopic (exact) mass is 401 g/mol. The highest BCUT2D eigenvalue weighted by Gasteiger charge is 2.15. The molecule has 1 amide bonds. The average molecular weight is 402 g/mol. The lowest BCUT2D eigenvalue weighted by molar-refractivity contribution is -0.123. The smallest absolute Gasteiger partial charge is 0.261 e. The number of carbonyl (C=O) groups is 1. The van der Waals surface area contributed by atoms with Gasteiger partial charge >= 0.3 is 0 Å². The largest absolute Gasteiger partial charge is 0.370 e. The first kappa shape index (κ1) is 24.8. The minimum atomic E-state index is -3.67. The fourth-order valence-electron chi connectivity index (χ4n) is 2.18. The van der Waals surface area contributed by atoms with Gasteiger partial charge in [0.25, 0.3) is 10.1 Å². The zero-order valence-electron chi connectivity index (χ0n) is 15.8. The molecule has 1 rings (SSSR count). The Morgan fingerprint density at radius 1 is 1.22 bits per heavy atom. The quantitative estimate of drug-likeness (QED) is 0.168. The number of nitrogens with two attached hydrogens (primary N) is 3. The van der Waals surface area contributed by atoms with Gasteiger partial charge in [0, 0.05) is 12.6 Å². The van der Waals surface area contributed by atoms with Gasteiger partial charge in [-0.05, 0) is 38.2 Å². The van der Waals surface area contributed by atoms with Crippen molar-refractivity contribution in [1.82, 2.24) is 5.32 Å². The lowest BCUT2D eigenvalue weighted by Crippen LogP contribution is -2.45. The maximum Gasteiger partial charge on any atom is 0.261 e. The van der Waals surface area contributed by atoms with Crippen molar-refractivity contribution in [3.63, 3.8) is 0 Å². The summed E-state index contributed by atoms with van der Waals surface area (Å²) in [6.45, 7) is 2.55. The van der Waals surface area contributed by atoms with Crippen LogP contribution in [0, 0.1) is 0 Å². The molecule has 8 N–H and O–H groups in total. The lowest BCUT2D eigenvalue weighted by Gasteiger charge is -2.17. The topological polar surface area (TPSA) is 174 Å². The summed E-state index contributed by atoms with van der Waals surface area (Å²) in [6, 6.07) is 9.63. The Morgan fingerprint density at radius 2 is 1.78 bits per heavy atom. The van der Waals surface area contributed by atoms with Gasteiger partial charge in [-0.3, -0.25) is 14.3 Å². The van der Waals surface area contributed by atoms with E-state index in [2.05, 4.69) is 10.3 Å². The first-order chi connectivity index (χ1) is 12.5. The molecule has 0 heterocycles. The summed E-state index contributed by atoms with van der Waals surface area (Å²) in [5.41, 5.74) is 17.6.